The van der Waals surface area contributed by atoms with Crippen molar-refractivity contribution in [2.75, 3.05) is 5.32 Å². The Morgan fingerprint density at radius 1 is 1.00 bits per heavy atom. The summed E-state index contributed by atoms with van der Waals surface area (Å²) in [5.41, 5.74) is 1.74. The van der Waals surface area contributed by atoms with Gasteiger partial charge in [0, 0.05) is 5.69 Å². The van der Waals surface area contributed by atoms with Crippen molar-refractivity contribution in [1.82, 2.24) is 0 Å². The first-order chi connectivity index (χ1) is 9.41. The van der Waals surface area contributed by atoms with Crippen LogP contribution in [-0.4, -0.2) is 5.91 Å². The standard InChI is InChI=1S/C15H12F3NO/c1-8-4-3-5-12(9(8)2)19-15(20)10-6-7-11(16)14(18)13(10)17/h3-7H,1-2H3,(H,19,20). The van der Waals surface area contributed by atoms with Crippen LogP contribution in [0.4, 0.5) is 18.9 Å². The molecule has 0 radical (unpaired) electrons. The first-order valence-corrected chi connectivity index (χ1v) is 5.93. The van der Waals surface area contributed by atoms with E-state index in [0.717, 1.165) is 23.3 Å². The lowest BCUT2D eigenvalue weighted by molar-refractivity contribution is 0.102. The van der Waals surface area contributed by atoms with E-state index in [1.54, 1.807) is 19.1 Å². The van der Waals surface area contributed by atoms with Gasteiger partial charge in [-0.05, 0) is 43.2 Å². The van der Waals surface area contributed by atoms with Crippen molar-refractivity contribution in [2.45, 2.75) is 13.8 Å². The van der Waals surface area contributed by atoms with Crippen molar-refractivity contribution < 1.29 is 18.0 Å². The lowest BCUT2D eigenvalue weighted by Gasteiger charge is -2.11. The van der Waals surface area contributed by atoms with E-state index in [1.807, 2.05) is 13.0 Å². The largest absolute Gasteiger partial charge is 0.322 e. The van der Waals surface area contributed by atoms with Crippen LogP contribution in [0.2, 0.25) is 0 Å². The Hall–Kier alpha value is -2.30. The lowest BCUT2D eigenvalue weighted by Crippen LogP contribution is -2.16. The van der Waals surface area contributed by atoms with Crippen LogP contribution >= 0.6 is 0 Å². The number of aryl methyl sites for hydroxylation is 1. The van der Waals surface area contributed by atoms with Gasteiger partial charge < -0.3 is 5.32 Å². The van der Waals surface area contributed by atoms with Gasteiger partial charge in [0.15, 0.2) is 17.5 Å². The molecule has 0 aliphatic rings. The number of nitrogens with one attached hydrogen (secondary N) is 1. The van der Waals surface area contributed by atoms with Crippen molar-refractivity contribution in [3.63, 3.8) is 0 Å². The topological polar surface area (TPSA) is 29.1 Å². The van der Waals surface area contributed by atoms with Crippen molar-refractivity contribution in [3.05, 3.63) is 64.5 Å². The molecule has 104 valence electrons. The summed E-state index contributed by atoms with van der Waals surface area (Å²) in [6, 6.07) is 6.88. The number of carbonyl (C=O) groups is 1. The number of hydrogen-bond donors (Lipinski definition) is 1. The fourth-order valence-electron chi connectivity index (χ4n) is 1.78. The van der Waals surface area contributed by atoms with E-state index in [2.05, 4.69) is 5.32 Å². The maximum absolute atomic E-state index is 13.5. The van der Waals surface area contributed by atoms with Crippen LogP contribution in [0.25, 0.3) is 0 Å². The van der Waals surface area contributed by atoms with Gasteiger partial charge in [0.2, 0.25) is 0 Å². The molecule has 2 nitrogen and oxygen atoms in total. The highest BCUT2D eigenvalue weighted by Crippen LogP contribution is 2.21. The predicted molar refractivity (Wildman–Crippen MR) is 70.2 cm³/mol. The SMILES string of the molecule is Cc1cccc(NC(=O)c2ccc(F)c(F)c2F)c1C. The summed E-state index contributed by atoms with van der Waals surface area (Å²) in [6.07, 6.45) is 0. The second-order valence-electron chi connectivity index (χ2n) is 4.42. The smallest absolute Gasteiger partial charge is 0.258 e. The second-order valence-corrected chi connectivity index (χ2v) is 4.42. The minimum atomic E-state index is -1.65. The van der Waals surface area contributed by atoms with Gasteiger partial charge in [-0.15, -0.1) is 0 Å². The minimum Gasteiger partial charge on any atom is -0.322 e. The quantitative estimate of drug-likeness (QED) is 0.828. The Morgan fingerprint density at radius 2 is 1.70 bits per heavy atom. The number of amides is 1. The third kappa shape index (κ3) is 2.52. The maximum Gasteiger partial charge on any atom is 0.258 e. The zero-order valence-corrected chi connectivity index (χ0v) is 10.9. The molecule has 2 aromatic rings. The Morgan fingerprint density at radius 3 is 2.40 bits per heavy atom. The number of anilines is 1. The fourth-order valence-corrected chi connectivity index (χ4v) is 1.78. The van der Waals surface area contributed by atoms with E-state index < -0.39 is 28.9 Å². The Bertz CT molecular complexity index is 683. The summed E-state index contributed by atoms with van der Waals surface area (Å²) >= 11 is 0. The molecule has 2 aromatic carbocycles. The molecule has 0 aromatic heterocycles. The number of hydrogen-bond acceptors (Lipinski definition) is 1. The number of halogens is 3. The molecule has 0 aliphatic carbocycles. The molecule has 0 spiro atoms. The Labute approximate surface area is 114 Å². The van der Waals surface area contributed by atoms with E-state index in [-0.39, 0.29) is 0 Å². The third-order valence-electron chi connectivity index (χ3n) is 3.13. The van der Waals surface area contributed by atoms with E-state index in [4.69, 9.17) is 0 Å². The zero-order valence-electron chi connectivity index (χ0n) is 10.9. The Balaban J connectivity index is 2.34. The van der Waals surface area contributed by atoms with E-state index in [9.17, 15) is 18.0 Å². The van der Waals surface area contributed by atoms with Crippen LogP contribution in [-0.2, 0) is 0 Å². The van der Waals surface area contributed by atoms with Crippen LogP contribution in [0, 0.1) is 31.3 Å². The predicted octanol–water partition coefficient (Wildman–Crippen LogP) is 3.97. The molecular weight excluding hydrogens is 267 g/mol. The molecule has 2 rings (SSSR count). The van der Waals surface area contributed by atoms with Crippen molar-refractivity contribution in [1.29, 1.82) is 0 Å². The van der Waals surface area contributed by atoms with E-state index in [0.29, 0.717) is 5.69 Å². The highest BCUT2D eigenvalue weighted by molar-refractivity contribution is 6.04. The van der Waals surface area contributed by atoms with Crippen molar-refractivity contribution >= 4 is 11.6 Å². The highest BCUT2D eigenvalue weighted by Gasteiger charge is 2.19. The summed E-state index contributed by atoms with van der Waals surface area (Å²) in [5.74, 6) is -5.30. The van der Waals surface area contributed by atoms with Crippen molar-refractivity contribution in [2.24, 2.45) is 0 Å². The molecule has 0 saturated heterocycles. The van der Waals surface area contributed by atoms with Gasteiger partial charge >= 0.3 is 0 Å². The summed E-state index contributed by atoms with van der Waals surface area (Å²) in [6.45, 7) is 3.66. The Kier molecular flexibility index (Phi) is 3.79. The van der Waals surface area contributed by atoms with Gasteiger partial charge in [0.1, 0.15) is 0 Å². The van der Waals surface area contributed by atoms with Crippen LogP contribution < -0.4 is 5.32 Å². The molecule has 0 saturated carbocycles. The van der Waals surface area contributed by atoms with Crippen LogP contribution in [0.15, 0.2) is 30.3 Å². The average Bonchev–Trinajstić information content (AvgIpc) is 2.41. The van der Waals surface area contributed by atoms with Crippen LogP contribution in [0.1, 0.15) is 21.5 Å². The van der Waals surface area contributed by atoms with Gasteiger partial charge in [-0.3, -0.25) is 4.79 Å². The third-order valence-corrected chi connectivity index (χ3v) is 3.13. The first kappa shape index (κ1) is 14.1. The molecule has 20 heavy (non-hydrogen) atoms. The van der Waals surface area contributed by atoms with E-state index >= 15 is 0 Å². The summed E-state index contributed by atoms with van der Waals surface area (Å²) < 4.78 is 39.4. The van der Waals surface area contributed by atoms with Gasteiger partial charge in [-0.25, -0.2) is 13.2 Å². The fraction of sp³-hybridized carbons (Fsp3) is 0.133. The molecule has 0 fully saturated rings. The number of carbonyl (C=O) groups excluding carboxylic acids is 1. The molecule has 0 atom stereocenters. The van der Waals surface area contributed by atoms with Crippen LogP contribution in [0.5, 0.6) is 0 Å². The molecule has 1 amide bonds. The van der Waals surface area contributed by atoms with Gasteiger partial charge in [0.05, 0.1) is 5.56 Å². The second kappa shape index (κ2) is 5.36. The summed E-state index contributed by atoms with van der Waals surface area (Å²) in [4.78, 5) is 11.9. The summed E-state index contributed by atoms with van der Waals surface area (Å²) in [5, 5.41) is 2.49. The van der Waals surface area contributed by atoms with E-state index in [1.165, 1.54) is 0 Å². The number of benzene rings is 2. The maximum atomic E-state index is 13.5. The number of rotatable bonds is 2. The molecule has 5 heteroatoms. The molecule has 1 N–H and O–H groups in total. The van der Waals surface area contributed by atoms with Crippen LogP contribution in [0.3, 0.4) is 0 Å². The molecular formula is C15H12F3NO. The van der Waals surface area contributed by atoms with Crippen molar-refractivity contribution in [3.8, 4) is 0 Å². The van der Waals surface area contributed by atoms with Gasteiger partial charge in [-0.2, -0.15) is 0 Å². The molecule has 0 heterocycles. The normalized spacial score (nSPS) is 10.4. The van der Waals surface area contributed by atoms with Gasteiger partial charge in [-0.1, -0.05) is 12.1 Å². The van der Waals surface area contributed by atoms with Gasteiger partial charge in [0.25, 0.3) is 5.91 Å². The monoisotopic (exact) mass is 279 g/mol. The first-order valence-electron chi connectivity index (χ1n) is 5.93. The highest BCUT2D eigenvalue weighted by atomic mass is 19.2. The average molecular weight is 279 g/mol. The minimum absolute atomic E-state index is 0.499. The summed E-state index contributed by atoms with van der Waals surface area (Å²) in [7, 11) is 0. The molecule has 0 aliphatic heterocycles. The molecule has 0 bridgehead atoms. The molecule has 0 unspecified atom stereocenters. The zero-order chi connectivity index (χ0) is 14.9. The lowest BCUT2D eigenvalue weighted by atomic mass is 10.1.